The van der Waals surface area contributed by atoms with Crippen LogP contribution in [0, 0.1) is 5.82 Å². The van der Waals surface area contributed by atoms with E-state index >= 15 is 0 Å². The van der Waals surface area contributed by atoms with Crippen molar-refractivity contribution < 1.29 is 9.18 Å². The minimum atomic E-state index is -0.258. The zero-order valence-electron chi connectivity index (χ0n) is 15.2. The minimum absolute atomic E-state index is 0.0597. The van der Waals surface area contributed by atoms with Crippen molar-refractivity contribution in [1.29, 1.82) is 0 Å². The lowest BCUT2D eigenvalue weighted by Gasteiger charge is -2.29. The van der Waals surface area contributed by atoms with Crippen LogP contribution in [-0.4, -0.2) is 27.3 Å². The van der Waals surface area contributed by atoms with Gasteiger partial charge in [0.1, 0.15) is 12.1 Å². The highest BCUT2D eigenvalue weighted by Gasteiger charge is 2.24. The Morgan fingerprint density at radius 1 is 1.11 bits per heavy atom. The molecule has 4 rings (SSSR count). The van der Waals surface area contributed by atoms with Crippen molar-refractivity contribution in [2.24, 2.45) is 0 Å². The third-order valence-electron chi connectivity index (χ3n) is 4.97. The number of benzene rings is 2. The predicted octanol–water partition coefficient (Wildman–Crippen LogP) is 3.99. The van der Waals surface area contributed by atoms with E-state index in [1.165, 1.54) is 12.1 Å². The van der Waals surface area contributed by atoms with Gasteiger partial charge in [-0.15, -0.1) is 0 Å². The Balaban J connectivity index is 1.52. The lowest BCUT2D eigenvalue weighted by molar-refractivity contribution is -0.131. The van der Waals surface area contributed by atoms with Crippen LogP contribution in [0.15, 0.2) is 54.9 Å². The van der Waals surface area contributed by atoms with Crippen LogP contribution < -0.4 is 0 Å². The van der Waals surface area contributed by atoms with Crippen LogP contribution in [0.25, 0.3) is 0 Å². The van der Waals surface area contributed by atoms with Crippen LogP contribution in [-0.2, 0) is 30.6 Å². The number of hydrogen-bond donors (Lipinski definition) is 0. The molecular formula is C22H19ClFN3O. The lowest BCUT2D eigenvalue weighted by atomic mass is 9.99. The first-order valence-corrected chi connectivity index (χ1v) is 9.54. The maximum Gasteiger partial charge on any atom is 0.227 e. The summed E-state index contributed by atoms with van der Waals surface area (Å²) in [4.78, 5) is 23.5. The number of amides is 1. The zero-order valence-corrected chi connectivity index (χ0v) is 16.0. The van der Waals surface area contributed by atoms with Crippen molar-refractivity contribution >= 4 is 17.5 Å². The van der Waals surface area contributed by atoms with E-state index in [1.54, 1.807) is 24.5 Å². The highest BCUT2D eigenvalue weighted by Crippen LogP contribution is 2.23. The van der Waals surface area contributed by atoms with Gasteiger partial charge in [0.05, 0.1) is 17.8 Å². The monoisotopic (exact) mass is 395 g/mol. The van der Waals surface area contributed by atoms with Crippen LogP contribution >= 0.6 is 11.6 Å². The SMILES string of the molecule is O=C(Cc1cccc(Cl)c1)N1CCc2ncnc(Cc3ccc(F)cc3)c2C1. The molecule has 0 N–H and O–H groups in total. The van der Waals surface area contributed by atoms with Crippen molar-refractivity contribution in [3.05, 3.63) is 93.8 Å². The summed E-state index contributed by atoms with van der Waals surface area (Å²) in [5.74, 6) is -0.198. The number of nitrogens with zero attached hydrogens (tertiary/aromatic N) is 3. The summed E-state index contributed by atoms with van der Waals surface area (Å²) in [5, 5.41) is 0.629. The largest absolute Gasteiger partial charge is 0.338 e. The van der Waals surface area contributed by atoms with Gasteiger partial charge in [-0.25, -0.2) is 14.4 Å². The second-order valence-electron chi connectivity index (χ2n) is 6.92. The second-order valence-corrected chi connectivity index (χ2v) is 7.36. The Hall–Kier alpha value is -2.79. The first kappa shape index (κ1) is 18.6. The van der Waals surface area contributed by atoms with Gasteiger partial charge < -0.3 is 4.90 Å². The Bertz CT molecular complexity index is 1010. The molecule has 0 unspecified atom stereocenters. The molecule has 2 aromatic carbocycles. The van der Waals surface area contributed by atoms with Gasteiger partial charge in [0, 0.05) is 36.5 Å². The number of rotatable bonds is 4. The van der Waals surface area contributed by atoms with Gasteiger partial charge in [0.2, 0.25) is 5.91 Å². The van der Waals surface area contributed by atoms with Crippen molar-refractivity contribution in [1.82, 2.24) is 14.9 Å². The van der Waals surface area contributed by atoms with Gasteiger partial charge in [0.25, 0.3) is 0 Å². The van der Waals surface area contributed by atoms with Gasteiger partial charge >= 0.3 is 0 Å². The second kappa shape index (κ2) is 8.07. The Labute approximate surface area is 168 Å². The minimum Gasteiger partial charge on any atom is -0.338 e. The molecule has 1 amide bonds. The molecule has 28 heavy (non-hydrogen) atoms. The van der Waals surface area contributed by atoms with E-state index < -0.39 is 0 Å². The Morgan fingerprint density at radius 3 is 2.71 bits per heavy atom. The summed E-state index contributed by atoms with van der Waals surface area (Å²) in [5.41, 5.74) is 4.75. The predicted molar refractivity (Wildman–Crippen MR) is 106 cm³/mol. The summed E-state index contributed by atoms with van der Waals surface area (Å²) in [6.07, 6.45) is 3.18. The lowest BCUT2D eigenvalue weighted by Crippen LogP contribution is -2.38. The fraction of sp³-hybridized carbons (Fsp3) is 0.227. The quantitative estimate of drug-likeness (QED) is 0.671. The molecule has 1 aliphatic heterocycles. The normalized spacial score (nSPS) is 13.3. The number of aromatic nitrogens is 2. The fourth-order valence-electron chi connectivity index (χ4n) is 3.49. The molecule has 0 saturated carbocycles. The number of hydrogen-bond acceptors (Lipinski definition) is 3. The van der Waals surface area contributed by atoms with Gasteiger partial charge in [-0.1, -0.05) is 35.9 Å². The van der Waals surface area contributed by atoms with Crippen LogP contribution in [0.2, 0.25) is 5.02 Å². The fourth-order valence-corrected chi connectivity index (χ4v) is 3.71. The van der Waals surface area contributed by atoms with Gasteiger partial charge in [-0.3, -0.25) is 4.79 Å². The summed E-state index contributed by atoms with van der Waals surface area (Å²) in [6.45, 7) is 1.13. The van der Waals surface area contributed by atoms with Crippen molar-refractivity contribution in [2.45, 2.75) is 25.8 Å². The molecule has 0 aliphatic carbocycles. The maximum absolute atomic E-state index is 13.2. The molecule has 0 spiro atoms. The first-order chi connectivity index (χ1) is 13.6. The van der Waals surface area contributed by atoms with E-state index in [9.17, 15) is 9.18 Å². The number of fused-ring (bicyclic) bond motifs is 1. The van der Waals surface area contributed by atoms with Crippen LogP contribution in [0.5, 0.6) is 0 Å². The van der Waals surface area contributed by atoms with E-state index in [2.05, 4.69) is 9.97 Å². The van der Waals surface area contributed by atoms with E-state index in [-0.39, 0.29) is 11.7 Å². The molecule has 142 valence electrons. The third kappa shape index (κ3) is 4.20. The molecule has 0 radical (unpaired) electrons. The first-order valence-electron chi connectivity index (χ1n) is 9.17. The molecule has 1 aromatic heterocycles. The van der Waals surface area contributed by atoms with Gasteiger partial charge in [0.15, 0.2) is 0 Å². The molecule has 0 fully saturated rings. The summed E-state index contributed by atoms with van der Waals surface area (Å²) in [6, 6.07) is 13.8. The Kier molecular flexibility index (Phi) is 5.35. The zero-order chi connectivity index (χ0) is 19.5. The molecule has 0 bridgehead atoms. The van der Waals surface area contributed by atoms with Crippen LogP contribution in [0.1, 0.15) is 28.1 Å². The number of carbonyl (C=O) groups excluding carboxylic acids is 1. The van der Waals surface area contributed by atoms with Crippen LogP contribution in [0.3, 0.4) is 0 Å². The standard InChI is InChI=1S/C22H19ClFN3O/c23-17-3-1-2-16(10-17)12-22(28)27-9-8-20-19(13-27)21(26-14-25-20)11-15-4-6-18(24)7-5-15/h1-7,10,14H,8-9,11-13H2. The highest BCUT2D eigenvalue weighted by molar-refractivity contribution is 6.30. The molecule has 6 heteroatoms. The summed E-state index contributed by atoms with van der Waals surface area (Å²) >= 11 is 6.02. The van der Waals surface area contributed by atoms with Gasteiger partial charge in [-0.2, -0.15) is 0 Å². The van der Waals surface area contributed by atoms with E-state index in [0.29, 0.717) is 37.4 Å². The highest BCUT2D eigenvalue weighted by atomic mass is 35.5. The summed E-state index contributed by atoms with van der Waals surface area (Å²) in [7, 11) is 0. The Morgan fingerprint density at radius 2 is 1.93 bits per heavy atom. The van der Waals surface area contributed by atoms with E-state index in [1.807, 2.05) is 23.1 Å². The average molecular weight is 396 g/mol. The van der Waals surface area contributed by atoms with E-state index in [0.717, 1.165) is 28.1 Å². The molecule has 0 saturated heterocycles. The maximum atomic E-state index is 13.2. The van der Waals surface area contributed by atoms with Crippen molar-refractivity contribution in [2.75, 3.05) is 6.54 Å². The average Bonchev–Trinajstić information content (AvgIpc) is 2.69. The molecule has 2 heterocycles. The van der Waals surface area contributed by atoms with Crippen molar-refractivity contribution in [3.8, 4) is 0 Å². The molecule has 0 atom stereocenters. The topological polar surface area (TPSA) is 46.1 Å². The molecular weight excluding hydrogens is 377 g/mol. The van der Waals surface area contributed by atoms with Crippen molar-refractivity contribution in [3.63, 3.8) is 0 Å². The number of halogens is 2. The smallest absolute Gasteiger partial charge is 0.227 e. The molecule has 3 aromatic rings. The van der Waals surface area contributed by atoms with Crippen LogP contribution in [0.4, 0.5) is 4.39 Å². The summed E-state index contributed by atoms with van der Waals surface area (Å²) < 4.78 is 13.2. The number of carbonyl (C=O) groups is 1. The van der Waals surface area contributed by atoms with E-state index in [4.69, 9.17) is 11.6 Å². The third-order valence-corrected chi connectivity index (χ3v) is 5.21. The molecule has 4 nitrogen and oxygen atoms in total. The van der Waals surface area contributed by atoms with Gasteiger partial charge in [-0.05, 0) is 35.4 Å². The molecule has 1 aliphatic rings.